The van der Waals surface area contributed by atoms with Gasteiger partial charge in [-0.1, -0.05) is 0 Å². The summed E-state index contributed by atoms with van der Waals surface area (Å²) in [5, 5.41) is 10.2. The van der Waals surface area contributed by atoms with Crippen molar-refractivity contribution < 1.29 is 24.2 Å². The molecule has 1 aliphatic heterocycles. The third-order valence-electron chi connectivity index (χ3n) is 2.62. The minimum absolute atomic E-state index is 0.192. The molecule has 0 amide bonds. The van der Waals surface area contributed by atoms with E-state index in [-0.39, 0.29) is 6.79 Å². The maximum atomic E-state index is 10.4. The molecule has 0 saturated carbocycles. The predicted octanol–water partition coefficient (Wildman–Crippen LogP) is 1.39. The highest BCUT2D eigenvalue weighted by Gasteiger charge is 2.16. The zero-order valence-electron chi connectivity index (χ0n) is 9.75. The molecule has 19 heavy (non-hydrogen) atoms. The smallest absolute Gasteiger partial charge is 0.332 e. The van der Waals surface area contributed by atoms with Crippen molar-refractivity contribution in [3.05, 3.63) is 24.4 Å². The molecular weight excluding hydrogens is 252 g/mol. The van der Waals surface area contributed by atoms with Crippen molar-refractivity contribution >= 4 is 22.6 Å². The summed E-state index contributed by atoms with van der Waals surface area (Å²) in [6.07, 6.45) is 1.59. The average molecular weight is 262 g/mol. The number of pyridine rings is 1. The number of benzene rings is 1. The molecule has 1 aromatic carbocycles. The minimum atomic E-state index is -1.06. The zero-order valence-corrected chi connectivity index (χ0v) is 9.75. The highest BCUT2D eigenvalue weighted by Crippen LogP contribution is 2.37. The lowest BCUT2D eigenvalue weighted by Gasteiger charge is -2.08. The van der Waals surface area contributed by atoms with Crippen LogP contribution in [0, 0.1) is 0 Å². The molecule has 2 N–H and O–H groups in total. The van der Waals surface area contributed by atoms with Gasteiger partial charge in [0.25, 0.3) is 0 Å². The van der Waals surface area contributed by atoms with Crippen molar-refractivity contribution in [1.29, 1.82) is 0 Å². The molecule has 0 saturated heterocycles. The van der Waals surface area contributed by atoms with Gasteiger partial charge in [-0.2, -0.15) is 0 Å². The topological polar surface area (TPSA) is 89.9 Å². The molecule has 3 rings (SSSR count). The molecule has 0 unspecified atom stereocenters. The maximum Gasteiger partial charge on any atom is 0.332 e. The van der Waals surface area contributed by atoms with Crippen molar-refractivity contribution in [3.8, 4) is 11.5 Å². The Morgan fingerprint density at radius 2 is 2.21 bits per heavy atom. The zero-order chi connectivity index (χ0) is 13.2. The lowest BCUT2D eigenvalue weighted by atomic mass is 10.1. The van der Waals surface area contributed by atoms with Gasteiger partial charge in [-0.15, -0.1) is 0 Å². The first kappa shape index (κ1) is 11.5. The molecule has 0 spiro atoms. The number of fused-ring (bicyclic) bond motifs is 2. The van der Waals surface area contributed by atoms with Crippen LogP contribution in [0.3, 0.4) is 0 Å². The second-order valence-corrected chi connectivity index (χ2v) is 3.87. The first-order chi connectivity index (χ1) is 9.24. The number of nitrogens with zero attached hydrogens (tertiary/aromatic N) is 1. The lowest BCUT2D eigenvalue weighted by molar-refractivity contribution is -0.141. The lowest BCUT2D eigenvalue weighted by Crippen LogP contribution is -2.12. The normalized spacial score (nSPS) is 12.6. The van der Waals surface area contributed by atoms with E-state index in [4.69, 9.17) is 19.4 Å². The van der Waals surface area contributed by atoms with E-state index in [1.807, 2.05) is 12.1 Å². The molecule has 1 aromatic heterocycles. The van der Waals surface area contributed by atoms with E-state index in [1.54, 1.807) is 12.3 Å². The van der Waals surface area contributed by atoms with Crippen LogP contribution in [0.5, 0.6) is 11.5 Å². The average Bonchev–Trinajstić information content (AvgIpc) is 2.83. The number of carbonyl (C=O) groups is 1. The molecular formula is C12H10N2O5. The summed E-state index contributed by atoms with van der Waals surface area (Å²) < 4.78 is 10.6. The van der Waals surface area contributed by atoms with Gasteiger partial charge in [-0.05, 0) is 23.6 Å². The summed E-state index contributed by atoms with van der Waals surface area (Å²) in [6.45, 7) is -0.264. The Morgan fingerprint density at radius 1 is 1.42 bits per heavy atom. The first-order valence-corrected chi connectivity index (χ1v) is 5.52. The number of aliphatic carboxylic acids is 1. The van der Waals surface area contributed by atoms with Crippen LogP contribution in [0.25, 0.3) is 10.8 Å². The van der Waals surface area contributed by atoms with Crippen LogP contribution < -0.4 is 15.0 Å². The number of hydrogen-bond donors (Lipinski definition) is 2. The van der Waals surface area contributed by atoms with Crippen LogP contribution in [0.4, 0.5) is 5.82 Å². The number of aromatic nitrogens is 1. The van der Waals surface area contributed by atoms with Crippen LogP contribution in [0.2, 0.25) is 0 Å². The Morgan fingerprint density at radius 3 is 3.00 bits per heavy atom. The van der Waals surface area contributed by atoms with Crippen molar-refractivity contribution in [1.82, 2.24) is 4.98 Å². The maximum absolute atomic E-state index is 10.4. The highest BCUT2D eigenvalue weighted by atomic mass is 16.7. The predicted molar refractivity (Wildman–Crippen MR) is 65.1 cm³/mol. The van der Waals surface area contributed by atoms with Gasteiger partial charge in [0.1, 0.15) is 0 Å². The van der Waals surface area contributed by atoms with Crippen molar-refractivity contribution in [2.24, 2.45) is 0 Å². The number of rotatable bonds is 4. The monoisotopic (exact) mass is 262 g/mol. The molecule has 98 valence electrons. The molecule has 0 bridgehead atoms. The van der Waals surface area contributed by atoms with E-state index in [9.17, 15) is 4.79 Å². The van der Waals surface area contributed by atoms with E-state index >= 15 is 0 Å². The van der Waals surface area contributed by atoms with Crippen molar-refractivity contribution in [2.45, 2.75) is 0 Å². The van der Waals surface area contributed by atoms with Crippen LogP contribution in [-0.2, 0) is 9.63 Å². The van der Waals surface area contributed by atoms with E-state index in [0.29, 0.717) is 17.3 Å². The Kier molecular flexibility index (Phi) is 2.81. The quantitative estimate of drug-likeness (QED) is 0.804. The van der Waals surface area contributed by atoms with Crippen LogP contribution >= 0.6 is 0 Å². The molecule has 0 fully saturated rings. The second-order valence-electron chi connectivity index (χ2n) is 3.87. The third-order valence-corrected chi connectivity index (χ3v) is 2.62. The Bertz CT molecular complexity index is 643. The summed E-state index contributed by atoms with van der Waals surface area (Å²) in [5.41, 5.74) is 2.52. The largest absolute Gasteiger partial charge is 0.479 e. The van der Waals surface area contributed by atoms with Gasteiger partial charge in [-0.25, -0.2) is 15.3 Å². The number of anilines is 1. The van der Waals surface area contributed by atoms with E-state index < -0.39 is 12.6 Å². The standard InChI is InChI=1S/C12H10N2O5/c15-11(16)5-19-14-12-8-4-10-9(17-6-18-10)3-7(8)1-2-13-12/h1-4H,5-6H2,(H,13,14)(H,15,16). The summed E-state index contributed by atoms with van der Waals surface area (Å²) in [7, 11) is 0. The number of nitrogens with one attached hydrogen (secondary N) is 1. The minimum Gasteiger partial charge on any atom is -0.479 e. The Hall–Kier alpha value is -2.54. The van der Waals surface area contributed by atoms with Gasteiger partial charge in [0.05, 0.1) is 0 Å². The molecule has 7 heteroatoms. The molecule has 1 aliphatic rings. The Balaban J connectivity index is 1.93. The highest BCUT2D eigenvalue weighted by molar-refractivity contribution is 5.94. The molecule has 0 radical (unpaired) electrons. The number of carboxylic acid groups (broad SMARTS) is 1. The van der Waals surface area contributed by atoms with Gasteiger partial charge >= 0.3 is 5.97 Å². The summed E-state index contributed by atoms with van der Waals surface area (Å²) in [4.78, 5) is 19.3. The Labute approximate surface area is 107 Å². The number of ether oxygens (including phenoxy) is 2. The second kappa shape index (κ2) is 4.62. The fourth-order valence-corrected chi connectivity index (χ4v) is 1.81. The molecule has 0 aliphatic carbocycles. The van der Waals surface area contributed by atoms with E-state index in [2.05, 4.69) is 10.5 Å². The first-order valence-electron chi connectivity index (χ1n) is 5.52. The summed E-state index contributed by atoms with van der Waals surface area (Å²) >= 11 is 0. The number of hydrogen-bond acceptors (Lipinski definition) is 6. The van der Waals surface area contributed by atoms with Gasteiger partial charge in [0, 0.05) is 11.6 Å². The number of carboxylic acids is 1. The van der Waals surface area contributed by atoms with Gasteiger partial charge < -0.3 is 14.6 Å². The summed E-state index contributed by atoms with van der Waals surface area (Å²) in [6, 6.07) is 5.43. The molecule has 0 atom stereocenters. The fraction of sp³-hybridized carbons (Fsp3) is 0.167. The molecule has 7 nitrogen and oxygen atoms in total. The van der Waals surface area contributed by atoms with Gasteiger partial charge in [0.2, 0.25) is 6.79 Å². The van der Waals surface area contributed by atoms with E-state index in [0.717, 1.165) is 10.8 Å². The fourth-order valence-electron chi connectivity index (χ4n) is 1.81. The van der Waals surface area contributed by atoms with Crippen molar-refractivity contribution in [2.75, 3.05) is 18.9 Å². The van der Waals surface area contributed by atoms with Gasteiger partial charge in [-0.3, -0.25) is 4.84 Å². The van der Waals surface area contributed by atoms with Crippen LogP contribution in [0.1, 0.15) is 0 Å². The van der Waals surface area contributed by atoms with Crippen molar-refractivity contribution in [3.63, 3.8) is 0 Å². The molecule has 2 aromatic rings. The van der Waals surface area contributed by atoms with Crippen LogP contribution in [-0.4, -0.2) is 29.5 Å². The van der Waals surface area contributed by atoms with Gasteiger partial charge in [0.15, 0.2) is 23.9 Å². The summed E-state index contributed by atoms with van der Waals surface area (Å²) in [5.74, 6) is 0.667. The van der Waals surface area contributed by atoms with E-state index in [1.165, 1.54) is 0 Å². The SMILES string of the molecule is O=C(O)CONc1nccc2cc3c(cc12)OCO3. The van der Waals surface area contributed by atoms with Crippen LogP contribution in [0.15, 0.2) is 24.4 Å². The molecule has 2 heterocycles. The third kappa shape index (κ3) is 2.23.